The number of aryl methyl sites for hydroxylation is 3. The minimum Gasteiger partial charge on any atom is -0.311 e. The van der Waals surface area contributed by atoms with Crippen molar-refractivity contribution in [3.05, 3.63) is 44.3 Å². The van der Waals surface area contributed by atoms with E-state index in [0.717, 1.165) is 61.0 Å². The van der Waals surface area contributed by atoms with E-state index < -0.39 is 0 Å². The summed E-state index contributed by atoms with van der Waals surface area (Å²) < 4.78 is 1.75. The molecule has 0 saturated carbocycles. The first-order chi connectivity index (χ1) is 11.5. The van der Waals surface area contributed by atoms with Crippen molar-refractivity contribution in [3.63, 3.8) is 0 Å². The molecule has 0 radical (unpaired) electrons. The Balaban J connectivity index is 1.78. The summed E-state index contributed by atoms with van der Waals surface area (Å²) in [6, 6.07) is 1.63. The molecule has 7 heteroatoms. The van der Waals surface area contributed by atoms with Gasteiger partial charge in [0.05, 0.1) is 11.4 Å². The fourth-order valence-corrected chi connectivity index (χ4v) is 3.72. The molecular formula is C17H24ClN5O. The monoisotopic (exact) mass is 349 g/mol. The van der Waals surface area contributed by atoms with Gasteiger partial charge in [-0.2, -0.15) is 5.10 Å². The van der Waals surface area contributed by atoms with Gasteiger partial charge in [0, 0.05) is 37.7 Å². The van der Waals surface area contributed by atoms with Crippen molar-refractivity contribution in [1.29, 1.82) is 0 Å². The molecule has 0 bridgehead atoms. The first-order valence-corrected chi connectivity index (χ1v) is 8.86. The molecule has 6 nitrogen and oxygen atoms in total. The predicted molar refractivity (Wildman–Crippen MR) is 94.4 cm³/mol. The van der Waals surface area contributed by atoms with Gasteiger partial charge in [-0.15, -0.1) is 0 Å². The molecule has 3 heterocycles. The van der Waals surface area contributed by atoms with Gasteiger partial charge in [-0.05, 0) is 32.7 Å². The van der Waals surface area contributed by atoms with Crippen LogP contribution in [-0.2, 0) is 20.0 Å². The fraction of sp³-hybridized carbons (Fsp3) is 0.588. The summed E-state index contributed by atoms with van der Waals surface area (Å²) in [6.45, 7) is 6.66. The van der Waals surface area contributed by atoms with Crippen LogP contribution < -0.4 is 5.56 Å². The average molecular weight is 350 g/mol. The molecule has 0 aliphatic carbocycles. The van der Waals surface area contributed by atoms with Crippen LogP contribution in [0.15, 0.2) is 10.9 Å². The van der Waals surface area contributed by atoms with Crippen LogP contribution in [-0.4, -0.2) is 37.7 Å². The number of halogens is 1. The lowest BCUT2D eigenvalue weighted by atomic mass is 9.94. The zero-order valence-electron chi connectivity index (χ0n) is 14.5. The maximum atomic E-state index is 11.7. The Labute approximate surface area is 146 Å². The zero-order chi connectivity index (χ0) is 17.3. The number of H-pyrrole nitrogens is 1. The van der Waals surface area contributed by atoms with E-state index in [1.807, 2.05) is 14.0 Å². The van der Waals surface area contributed by atoms with E-state index in [1.165, 1.54) is 0 Å². The Kier molecular flexibility index (Phi) is 5.06. The van der Waals surface area contributed by atoms with Gasteiger partial charge in [-0.1, -0.05) is 18.5 Å². The summed E-state index contributed by atoms with van der Waals surface area (Å²) in [4.78, 5) is 21.4. The van der Waals surface area contributed by atoms with E-state index in [2.05, 4.69) is 26.9 Å². The van der Waals surface area contributed by atoms with Crippen LogP contribution in [0, 0.1) is 6.92 Å². The molecule has 2 aromatic heterocycles. The Morgan fingerprint density at radius 3 is 2.96 bits per heavy atom. The predicted octanol–water partition coefficient (Wildman–Crippen LogP) is 2.41. The highest BCUT2D eigenvalue weighted by Crippen LogP contribution is 2.28. The van der Waals surface area contributed by atoms with E-state index in [0.29, 0.717) is 11.7 Å². The summed E-state index contributed by atoms with van der Waals surface area (Å²) in [6.07, 6.45) is 3.04. The molecule has 24 heavy (non-hydrogen) atoms. The maximum Gasteiger partial charge on any atom is 0.251 e. The van der Waals surface area contributed by atoms with Crippen molar-refractivity contribution in [2.75, 3.05) is 13.1 Å². The second-order valence-corrected chi connectivity index (χ2v) is 6.88. The lowest BCUT2D eigenvalue weighted by molar-refractivity contribution is 0.198. The van der Waals surface area contributed by atoms with Gasteiger partial charge >= 0.3 is 0 Å². The van der Waals surface area contributed by atoms with Gasteiger partial charge in [0.25, 0.3) is 5.56 Å². The molecule has 1 aliphatic heterocycles. The van der Waals surface area contributed by atoms with Crippen molar-refractivity contribution in [2.24, 2.45) is 7.05 Å². The number of rotatable bonds is 4. The maximum absolute atomic E-state index is 11.7. The van der Waals surface area contributed by atoms with Gasteiger partial charge in [-0.25, -0.2) is 4.98 Å². The summed E-state index contributed by atoms with van der Waals surface area (Å²) >= 11 is 6.42. The second kappa shape index (κ2) is 7.07. The number of nitrogens with one attached hydrogen (secondary N) is 1. The largest absolute Gasteiger partial charge is 0.311 e. The average Bonchev–Trinajstić information content (AvgIpc) is 2.82. The van der Waals surface area contributed by atoms with Crippen LogP contribution >= 0.6 is 11.6 Å². The van der Waals surface area contributed by atoms with Crippen molar-refractivity contribution in [1.82, 2.24) is 24.6 Å². The third-order valence-electron chi connectivity index (χ3n) is 4.67. The van der Waals surface area contributed by atoms with E-state index in [9.17, 15) is 4.79 Å². The quantitative estimate of drug-likeness (QED) is 0.920. The van der Waals surface area contributed by atoms with Crippen molar-refractivity contribution < 1.29 is 0 Å². The van der Waals surface area contributed by atoms with E-state index in [-0.39, 0.29) is 5.56 Å². The van der Waals surface area contributed by atoms with Crippen LogP contribution in [0.1, 0.15) is 48.5 Å². The van der Waals surface area contributed by atoms with Crippen molar-refractivity contribution in [2.45, 2.75) is 45.6 Å². The highest BCUT2D eigenvalue weighted by Gasteiger charge is 2.25. The summed E-state index contributed by atoms with van der Waals surface area (Å²) in [5.74, 6) is 0.971. The standard InChI is InChI=1S/C17H24ClN5O/c1-4-14-13(17(18)22(3)21-14)10-23-7-5-6-12(9-23)15-8-16(24)20-11(2)19-15/h8,12H,4-7,9-10H2,1-3H3,(H,19,20,24). The molecule has 3 rings (SSSR count). The van der Waals surface area contributed by atoms with Gasteiger partial charge in [0.2, 0.25) is 0 Å². The molecule has 0 aromatic carbocycles. The first-order valence-electron chi connectivity index (χ1n) is 8.48. The highest BCUT2D eigenvalue weighted by molar-refractivity contribution is 6.30. The van der Waals surface area contributed by atoms with Crippen LogP contribution in [0.25, 0.3) is 0 Å². The Morgan fingerprint density at radius 1 is 1.46 bits per heavy atom. The molecule has 1 N–H and O–H groups in total. The number of likely N-dealkylation sites (tertiary alicyclic amines) is 1. The lowest BCUT2D eigenvalue weighted by Crippen LogP contribution is -2.35. The topological polar surface area (TPSA) is 66.8 Å². The molecule has 130 valence electrons. The minimum atomic E-state index is -0.0711. The first kappa shape index (κ1) is 17.2. The third kappa shape index (κ3) is 3.54. The van der Waals surface area contributed by atoms with Gasteiger partial charge in [0.1, 0.15) is 11.0 Å². The minimum absolute atomic E-state index is 0.0711. The van der Waals surface area contributed by atoms with Gasteiger partial charge in [0.15, 0.2) is 0 Å². The number of hydrogen-bond donors (Lipinski definition) is 1. The zero-order valence-corrected chi connectivity index (χ0v) is 15.2. The number of nitrogens with zero attached hydrogens (tertiary/aromatic N) is 4. The van der Waals surface area contributed by atoms with E-state index in [4.69, 9.17) is 11.6 Å². The van der Waals surface area contributed by atoms with Crippen LogP contribution in [0.5, 0.6) is 0 Å². The number of aromatic nitrogens is 4. The molecule has 1 unspecified atom stereocenters. The van der Waals surface area contributed by atoms with E-state index in [1.54, 1.807) is 10.7 Å². The van der Waals surface area contributed by atoms with Gasteiger partial charge in [-0.3, -0.25) is 14.4 Å². The Hall–Kier alpha value is -1.66. The summed E-state index contributed by atoms with van der Waals surface area (Å²) in [7, 11) is 1.88. The normalized spacial score (nSPS) is 18.9. The molecular weight excluding hydrogens is 326 g/mol. The SMILES string of the molecule is CCc1nn(C)c(Cl)c1CN1CCCC(c2cc(=O)[nH]c(C)n2)C1. The number of piperidine rings is 1. The fourth-order valence-electron chi connectivity index (χ4n) is 3.52. The Bertz CT molecular complexity index is 782. The van der Waals surface area contributed by atoms with E-state index >= 15 is 0 Å². The molecule has 0 spiro atoms. The number of hydrogen-bond acceptors (Lipinski definition) is 4. The lowest BCUT2D eigenvalue weighted by Gasteiger charge is -2.32. The Morgan fingerprint density at radius 2 is 2.25 bits per heavy atom. The molecule has 1 saturated heterocycles. The van der Waals surface area contributed by atoms with Crippen LogP contribution in [0.3, 0.4) is 0 Å². The summed E-state index contributed by atoms with van der Waals surface area (Å²) in [5.41, 5.74) is 3.01. The smallest absolute Gasteiger partial charge is 0.251 e. The molecule has 2 aromatic rings. The molecule has 1 fully saturated rings. The second-order valence-electron chi connectivity index (χ2n) is 6.52. The van der Waals surface area contributed by atoms with Crippen molar-refractivity contribution in [3.8, 4) is 0 Å². The molecule has 1 atom stereocenters. The number of aromatic amines is 1. The van der Waals surface area contributed by atoms with Crippen LogP contribution in [0.4, 0.5) is 0 Å². The van der Waals surface area contributed by atoms with Crippen molar-refractivity contribution >= 4 is 11.6 Å². The van der Waals surface area contributed by atoms with Crippen LogP contribution in [0.2, 0.25) is 5.15 Å². The third-order valence-corrected chi connectivity index (χ3v) is 5.15. The molecule has 0 amide bonds. The highest BCUT2D eigenvalue weighted by atomic mass is 35.5. The summed E-state index contributed by atoms with van der Waals surface area (Å²) in [5, 5.41) is 5.22. The molecule has 1 aliphatic rings. The van der Waals surface area contributed by atoms with Gasteiger partial charge < -0.3 is 4.98 Å².